The molecular weight excluding hydrogens is 234 g/mol. The van der Waals surface area contributed by atoms with E-state index in [4.69, 9.17) is 0 Å². The molecule has 100 valence electrons. The molecule has 1 aromatic carbocycles. The minimum Gasteiger partial charge on any atom is -0.368 e. The van der Waals surface area contributed by atoms with Crippen molar-refractivity contribution < 1.29 is 0 Å². The van der Waals surface area contributed by atoms with Gasteiger partial charge in [-0.1, -0.05) is 36.9 Å². The highest BCUT2D eigenvalue weighted by Gasteiger charge is 1.97. The summed E-state index contributed by atoms with van der Waals surface area (Å²) in [4.78, 5) is 8.44. The predicted molar refractivity (Wildman–Crippen MR) is 84.6 cm³/mol. The van der Waals surface area contributed by atoms with Crippen LogP contribution in [0.25, 0.3) is 5.70 Å². The van der Waals surface area contributed by atoms with Gasteiger partial charge in [-0.3, -0.25) is 0 Å². The van der Waals surface area contributed by atoms with Crippen molar-refractivity contribution in [3.63, 3.8) is 0 Å². The topological polar surface area (TPSA) is 36.8 Å². The lowest BCUT2D eigenvalue weighted by atomic mass is 10.1. The van der Waals surface area contributed by atoms with E-state index in [0.717, 1.165) is 5.56 Å². The molecule has 0 amide bonds. The summed E-state index contributed by atoms with van der Waals surface area (Å²) < 4.78 is 0. The Morgan fingerprint density at radius 1 is 1.37 bits per heavy atom. The molecule has 0 aliphatic heterocycles. The van der Waals surface area contributed by atoms with E-state index in [1.54, 1.807) is 6.08 Å². The second-order valence-corrected chi connectivity index (χ2v) is 4.58. The monoisotopic (exact) mass is 255 g/mol. The van der Waals surface area contributed by atoms with Gasteiger partial charge in [-0.15, -0.1) is 0 Å². The van der Waals surface area contributed by atoms with E-state index >= 15 is 0 Å². The third kappa shape index (κ3) is 5.34. The summed E-state index contributed by atoms with van der Waals surface area (Å²) in [6, 6.07) is 8.37. The Bertz CT molecular complexity index is 510. The molecule has 0 bridgehead atoms. The molecule has 0 atom stereocenters. The molecule has 0 spiro atoms. The Hall–Kier alpha value is -2.16. The van der Waals surface area contributed by atoms with Gasteiger partial charge >= 0.3 is 0 Å². The third-order valence-corrected chi connectivity index (χ3v) is 2.39. The van der Waals surface area contributed by atoms with Gasteiger partial charge in [-0.2, -0.15) is 0 Å². The minimum atomic E-state index is 0.310. The number of hydrogen-bond donors (Lipinski definition) is 1. The fourth-order valence-electron chi connectivity index (χ4n) is 1.50. The highest BCUT2D eigenvalue weighted by atomic mass is 15.0. The van der Waals surface area contributed by atoms with E-state index < -0.39 is 0 Å². The Balaban J connectivity index is 2.73. The van der Waals surface area contributed by atoms with Gasteiger partial charge in [0.25, 0.3) is 0 Å². The van der Waals surface area contributed by atoms with Gasteiger partial charge in [-0.25, -0.2) is 9.98 Å². The lowest BCUT2D eigenvalue weighted by Crippen LogP contribution is -2.28. The molecule has 0 radical (unpaired) electrons. The average Bonchev–Trinajstić information content (AvgIpc) is 2.36. The maximum atomic E-state index is 4.24. The van der Waals surface area contributed by atoms with E-state index in [2.05, 4.69) is 28.5 Å². The molecule has 1 rings (SSSR count). The number of nitrogens with one attached hydrogen (secondary N) is 1. The fraction of sp³-hybridized carbons (Fsp3) is 0.250. The normalized spacial score (nSPS) is 11.9. The average molecular weight is 255 g/mol. The second kappa shape index (κ2) is 7.31. The zero-order valence-electron chi connectivity index (χ0n) is 11.9. The van der Waals surface area contributed by atoms with Crippen molar-refractivity contribution in [2.24, 2.45) is 9.98 Å². The van der Waals surface area contributed by atoms with Crippen LogP contribution in [0.2, 0.25) is 0 Å². The molecular formula is C16H21N3. The molecule has 0 saturated heterocycles. The van der Waals surface area contributed by atoms with Crippen LogP contribution in [0, 0.1) is 6.92 Å². The Labute approximate surface area is 115 Å². The Kier molecular flexibility index (Phi) is 5.73. The lowest BCUT2D eigenvalue weighted by Gasteiger charge is -2.07. The van der Waals surface area contributed by atoms with E-state index in [-0.39, 0.29) is 0 Å². The standard InChI is InChI=1S/C16H21N3/c1-6-16(19-12(2)3)18-11-17-14(5)15-9-7-8-13(4)10-15/h6-12H,1,5H2,2-4H3,(H,17,18,19). The first-order valence-electron chi connectivity index (χ1n) is 6.28. The summed E-state index contributed by atoms with van der Waals surface area (Å²) in [5, 5.41) is 3.16. The van der Waals surface area contributed by atoms with Crippen molar-refractivity contribution in [3.8, 4) is 0 Å². The number of nitrogens with zero attached hydrogens (tertiary/aromatic N) is 2. The highest BCUT2D eigenvalue weighted by Crippen LogP contribution is 2.14. The van der Waals surface area contributed by atoms with Crippen LogP contribution in [0.15, 0.2) is 53.5 Å². The first-order chi connectivity index (χ1) is 9.02. The smallest absolute Gasteiger partial charge is 0.127 e. The van der Waals surface area contributed by atoms with E-state index in [1.807, 2.05) is 45.0 Å². The molecule has 0 saturated carbocycles. The van der Waals surface area contributed by atoms with Crippen LogP contribution >= 0.6 is 0 Å². The maximum absolute atomic E-state index is 4.24. The molecule has 0 aliphatic rings. The Morgan fingerprint density at radius 2 is 2.11 bits per heavy atom. The van der Waals surface area contributed by atoms with Crippen LogP contribution in [-0.2, 0) is 0 Å². The number of aryl methyl sites for hydroxylation is 1. The van der Waals surface area contributed by atoms with Gasteiger partial charge in [0.05, 0.1) is 5.70 Å². The number of benzene rings is 1. The van der Waals surface area contributed by atoms with E-state index in [0.29, 0.717) is 17.6 Å². The van der Waals surface area contributed by atoms with E-state index in [9.17, 15) is 0 Å². The molecule has 0 fully saturated rings. The van der Waals surface area contributed by atoms with Gasteiger partial charge < -0.3 is 5.32 Å². The minimum absolute atomic E-state index is 0.310. The van der Waals surface area contributed by atoms with Gasteiger partial charge in [0.1, 0.15) is 12.2 Å². The molecule has 3 nitrogen and oxygen atoms in total. The summed E-state index contributed by atoms with van der Waals surface area (Å²) in [6.45, 7) is 13.8. The van der Waals surface area contributed by atoms with E-state index in [1.165, 1.54) is 11.9 Å². The lowest BCUT2D eigenvalue weighted by molar-refractivity contribution is 0.736. The second-order valence-electron chi connectivity index (χ2n) is 4.58. The molecule has 19 heavy (non-hydrogen) atoms. The Morgan fingerprint density at radius 3 is 2.68 bits per heavy atom. The van der Waals surface area contributed by atoms with Crippen LogP contribution in [0.1, 0.15) is 25.0 Å². The molecule has 3 heteroatoms. The summed E-state index contributed by atoms with van der Waals surface area (Å²) in [7, 11) is 0. The fourth-order valence-corrected chi connectivity index (χ4v) is 1.50. The highest BCUT2D eigenvalue weighted by molar-refractivity contribution is 5.97. The SMILES string of the molecule is C=C/C(=N\C=N\C(=C)c1cccc(C)c1)NC(C)C. The molecule has 0 heterocycles. The molecule has 1 aromatic rings. The van der Waals surface area contributed by atoms with Crippen LogP contribution < -0.4 is 5.32 Å². The van der Waals surface area contributed by atoms with Crippen molar-refractivity contribution >= 4 is 17.9 Å². The van der Waals surface area contributed by atoms with Crippen LogP contribution in [-0.4, -0.2) is 18.2 Å². The quantitative estimate of drug-likeness (QED) is 0.633. The van der Waals surface area contributed by atoms with Crippen molar-refractivity contribution in [2.45, 2.75) is 26.8 Å². The summed E-state index contributed by atoms with van der Waals surface area (Å²) >= 11 is 0. The van der Waals surface area contributed by atoms with Gasteiger partial charge in [0.15, 0.2) is 0 Å². The molecule has 0 aromatic heterocycles. The molecule has 0 unspecified atom stereocenters. The first-order valence-corrected chi connectivity index (χ1v) is 6.28. The van der Waals surface area contributed by atoms with Gasteiger partial charge in [0.2, 0.25) is 0 Å². The number of aliphatic imine (C=N–C) groups is 2. The predicted octanol–water partition coefficient (Wildman–Crippen LogP) is 3.58. The summed E-state index contributed by atoms with van der Waals surface area (Å²) in [5.41, 5.74) is 2.88. The van der Waals surface area contributed by atoms with Crippen LogP contribution in [0.4, 0.5) is 0 Å². The maximum Gasteiger partial charge on any atom is 0.127 e. The van der Waals surface area contributed by atoms with Crippen molar-refractivity contribution in [3.05, 3.63) is 54.6 Å². The first kappa shape index (κ1) is 14.9. The molecule has 1 N–H and O–H groups in total. The van der Waals surface area contributed by atoms with Crippen LogP contribution in [0.5, 0.6) is 0 Å². The molecule has 0 aliphatic carbocycles. The largest absolute Gasteiger partial charge is 0.368 e. The van der Waals surface area contributed by atoms with Crippen molar-refractivity contribution in [1.82, 2.24) is 5.32 Å². The number of rotatable bonds is 5. The summed E-state index contributed by atoms with van der Waals surface area (Å²) in [6.07, 6.45) is 3.17. The zero-order chi connectivity index (χ0) is 14.3. The zero-order valence-corrected chi connectivity index (χ0v) is 11.9. The summed E-state index contributed by atoms with van der Waals surface area (Å²) in [5.74, 6) is 0.704. The number of amidine groups is 1. The number of hydrogen-bond acceptors (Lipinski definition) is 1. The third-order valence-electron chi connectivity index (χ3n) is 2.39. The van der Waals surface area contributed by atoms with Gasteiger partial charge in [-0.05, 0) is 38.5 Å². The van der Waals surface area contributed by atoms with Gasteiger partial charge in [0, 0.05) is 6.04 Å². The van der Waals surface area contributed by atoms with Crippen molar-refractivity contribution in [1.29, 1.82) is 0 Å². The van der Waals surface area contributed by atoms with Crippen LogP contribution in [0.3, 0.4) is 0 Å². The van der Waals surface area contributed by atoms with Crippen molar-refractivity contribution in [2.75, 3.05) is 0 Å².